The summed E-state index contributed by atoms with van der Waals surface area (Å²) in [5.74, 6) is 0.314. The van der Waals surface area contributed by atoms with Crippen LogP contribution >= 0.6 is 0 Å². The Morgan fingerprint density at radius 2 is 2.04 bits per heavy atom. The average molecular weight is 341 g/mol. The van der Waals surface area contributed by atoms with Gasteiger partial charge in [-0.2, -0.15) is 8.78 Å². The monoisotopic (exact) mass is 341 g/mol. The second kappa shape index (κ2) is 6.84. The molecule has 0 aliphatic carbocycles. The summed E-state index contributed by atoms with van der Waals surface area (Å²) in [6.07, 6.45) is 3.63. The number of hydrogen-bond donors (Lipinski definition) is 0. The highest BCUT2D eigenvalue weighted by Crippen LogP contribution is 2.20. The number of carbonyl (C=O) groups is 2. The largest absolute Gasteiger partial charge is 0.338 e. The van der Waals surface area contributed by atoms with E-state index in [-0.39, 0.29) is 17.9 Å². The summed E-state index contributed by atoms with van der Waals surface area (Å²) in [6.45, 7) is 0.0138. The Morgan fingerprint density at radius 1 is 1.33 bits per heavy atom. The van der Waals surface area contributed by atoms with Gasteiger partial charge >= 0.3 is 6.55 Å². The van der Waals surface area contributed by atoms with Gasteiger partial charge in [0.2, 0.25) is 11.8 Å². The number of nitrogens with zero attached hydrogens (tertiary/aromatic N) is 5. The summed E-state index contributed by atoms with van der Waals surface area (Å²) in [4.78, 5) is 33.4. The molecule has 1 aromatic heterocycles. The van der Waals surface area contributed by atoms with Crippen LogP contribution in [0.1, 0.15) is 25.2 Å². The van der Waals surface area contributed by atoms with E-state index in [0.717, 1.165) is 4.57 Å². The summed E-state index contributed by atoms with van der Waals surface area (Å²) in [6, 6.07) is -0.359. The summed E-state index contributed by atoms with van der Waals surface area (Å²) in [7, 11) is 1.66. The third-order valence-corrected chi connectivity index (χ3v) is 4.79. The molecule has 3 rings (SSSR count). The third kappa shape index (κ3) is 3.26. The molecule has 24 heavy (non-hydrogen) atoms. The lowest BCUT2D eigenvalue weighted by molar-refractivity contribution is -0.141. The van der Waals surface area contributed by atoms with Crippen molar-refractivity contribution in [3.8, 4) is 0 Å². The molecule has 1 aromatic rings. The van der Waals surface area contributed by atoms with Gasteiger partial charge in [0.15, 0.2) is 0 Å². The Kier molecular flexibility index (Phi) is 4.79. The topological polar surface area (TPSA) is 61.7 Å². The van der Waals surface area contributed by atoms with Crippen LogP contribution in [0.4, 0.5) is 8.78 Å². The van der Waals surface area contributed by atoms with Crippen molar-refractivity contribution in [2.75, 3.05) is 33.2 Å². The predicted octanol–water partition coefficient (Wildman–Crippen LogP) is 0.543. The Bertz CT molecular complexity index is 613. The van der Waals surface area contributed by atoms with E-state index in [1.807, 2.05) is 4.90 Å². The molecule has 3 heterocycles. The van der Waals surface area contributed by atoms with Gasteiger partial charge in [-0.3, -0.25) is 19.1 Å². The van der Waals surface area contributed by atoms with Crippen molar-refractivity contribution in [3.05, 3.63) is 18.2 Å². The molecule has 2 saturated heterocycles. The van der Waals surface area contributed by atoms with Crippen molar-refractivity contribution in [1.29, 1.82) is 0 Å². The molecule has 2 aliphatic rings. The summed E-state index contributed by atoms with van der Waals surface area (Å²) in [5, 5.41) is 0. The lowest BCUT2D eigenvalue weighted by Crippen LogP contribution is -2.53. The van der Waals surface area contributed by atoms with Crippen LogP contribution in [0.25, 0.3) is 0 Å². The fourth-order valence-corrected chi connectivity index (χ4v) is 3.27. The zero-order valence-electron chi connectivity index (χ0n) is 13.6. The van der Waals surface area contributed by atoms with Gasteiger partial charge in [-0.1, -0.05) is 0 Å². The van der Waals surface area contributed by atoms with Crippen molar-refractivity contribution in [1.82, 2.24) is 24.3 Å². The van der Waals surface area contributed by atoms with Gasteiger partial charge in [0.05, 0.1) is 6.54 Å². The Hall–Kier alpha value is -2.03. The van der Waals surface area contributed by atoms with Crippen molar-refractivity contribution in [2.45, 2.75) is 32.0 Å². The summed E-state index contributed by atoms with van der Waals surface area (Å²) in [5.41, 5.74) is 0. The minimum atomic E-state index is -2.60. The van der Waals surface area contributed by atoms with Gasteiger partial charge in [0.1, 0.15) is 11.9 Å². The second-order valence-electron chi connectivity index (χ2n) is 6.19. The number of halogens is 2. The average Bonchev–Trinajstić information content (AvgIpc) is 3.15. The number of carbonyl (C=O) groups excluding carboxylic acids is 2. The lowest BCUT2D eigenvalue weighted by atomic mass is 10.1. The number of alkyl halides is 2. The molecule has 1 atom stereocenters. The first-order chi connectivity index (χ1) is 11.5. The number of amides is 2. The van der Waals surface area contributed by atoms with Crippen LogP contribution in [0.3, 0.4) is 0 Å². The molecule has 0 N–H and O–H groups in total. The molecule has 0 radical (unpaired) electrons. The lowest BCUT2D eigenvalue weighted by Gasteiger charge is -2.36. The van der Waals surface area contributed by atoms with Crippen LogP contribution in [-0.4, -0.2) is 75.3 Å². The van der Waals surface area contributed by atoms with E-state index in [1.54, 1.807) is 11.9 Å². The molecule has 9 heteroatoms. The van der Waals surface area contributed by atoms with Crippen LogP contribution in [0.15, 0.2) is 12.4 Å². The standard InChI is InChI=1S/C15H21F2N5O2/c1-19-11(2-3-13(19)23)14(24)21-8-6-20(7-9-21)10-12-18-4-5-22(12)15(16)17/h4-5,11,15H,2-3,6-10H2,1H3. The normalized spacial score (nSPS) is 22.7. The number of rotatable bonds is 4. The van der Waals surface area contributed by atoms with E-state index in [0.29, 0.717) is 51.4 Å². The van der Waals surface area contributed by atoms with E-state index >= 15 is 0 Å². The Morgan fingerprint density at radius 3 is 2.62 bits per heavy atom. The molecule has 0 spiro atoms. The number of likely N-dealkylation sites (tertiary alicyclic amines) is 1. The molecule has 2 aliphatic heterocycles. The van der Waals surface area contributed by atoms with Crippen molar-refractivity contribution in [2.24, 2.45) is 0 Å². The first kappa shape index (κ1) is 16.8. The van der Waals surface area contributed by atoms with Crippen molar-refractivity contribution >= 4 is 11.8 Å². The summed E-state index contributed by atoms with van der Waals surface area (Å²) >= 11 is 0. The third-order valence-electron chi connectivity index (χ3n) is 4.79. The second-order valence-corrected chi connectivity index (χ2v) is 6.19. The number of piperazine rings is 1. The molecule has 0 aromatic carbocycles. The van der Waals surface area contributed by atoms with Crippen molar-refractivity contribution < 1.29 is 18.4 Å². The molecule has 7 nitrogen and oxygen atoms in total. The molecular formula is C15H21F2N5O2. The van der Waals surface area contributed by atoms with Crippen LogP contribution < -0.4 is 0 Å². The minimum absolute atomic E-state index is 0.00539. The highest BCUT2D eigenvalue weighted by molar-refractivity contribution is 5.90. The molecule has 132 valence electrons. The smallest absolute Gasteiger partial charge is 0.319 e. The van der Waals surface area contributed by atoms with E-state index in [4.69, 9.17) is 0 Å². The molecule has 1 unspecified atom stereocenters. The number of imidazole rings is 1. The highest BCUT2D eigenvalue weighted by Gasteiger charge is 2.36. The maximum atomic E-state index is 12.8. The fraction of sp³-hybridized carbons (Fsp3) is 0.667. The van der Waals surface area contributed by atoms with Gasteiger partial charge in [0, 0.05) is 52.0 Å². The van der Waals surface area contributed by atoms with Gasteiger partial charge in [-0.05, 0) is 6.42 Å². The van der Waals surface area contributed by atoms with E-state index in [2.05, 4.69) is 4.98 Å². The minimum Gasteiger partial charge on any atom is -0.338 e. The summed E-state index contributed by atoms with van der Waals surface area (Å²) < 4.78 is 26.5. The zero-order chi connectivity index (χ0) is 17.3. The highest BCUT2D eigenvalue weighted by atomic mass is 19.3. The van der Waals surface area contributed by atoms with Crippen molar-refractivity contribution in [3.63, 3.8) is 0 Å². The van der Waals surface area contributed by atoms with E-state index < -0.39 is 6.55 Å². The first-order valence-electron chi connectivity index (χ1n) is 8.04. The number of likely N-dealkylation sites (N-methyl/N-ethyl adjacent to an activating group) is 1. The molecule has 2 amide bonds. The quantitative estimate of drug-likeness (QED) is 0.802. The predicted molar refractivity (Wildman–Crippen MR) is 81.1 cm³/mol. The van der Waals surface area contributed by atoms with Gasteiger partial charge in [0.25, 0.3) is 0 Å². The molecule has 0 saturated carbocycles. The SMILES string of the molecule is CN1C(=O)CCC1C(=O)N1CCN(Cc2nccn2C(F)F)CC1. The van der Waals surface area contributed by atoms with E-state index in [1.165, 1.54) is 17.3 Å². The maximum absolute atomic E-state index is 12.8. The van der Waals surface area contributed by atoms with Crippen LogP contribution in [0.5, 0.6) is 0 Å². The maximum Gasteiger partial charge on any atom is 0.319 e. The number of hydrogen-bond acceptors (Lipinski definition) is 4. The Labute approximate surface area is 138 Å². The van der Waals surface area contributed by atoms with E-state index in [9.17, 15) is 18.4 Å². The van der Waals surface area contributed by atoms with Crippen LogP contribution in [0, 0.1) is 0 Å². The molecule has 2 fully saturated rings. The zero-order valence-corrected chi connectivity index (χ0v) is 13.6. The molecular weight excluding hydrogens is 320 g/mol. The molecule has 0 bridgehead atoms. The van der Waals surface area contributed by atoms with Gasteiger partial charge in [-0.15, -0.1) is 0 Å². The fourth-order valence-electron chi connectivity index (χ4n) is 3.27. The number of aromatic nitrogens is 2. The first-order valence-corrected chi connectivity index (χ1v) is 8.04. The Balaban J connectivity index is 1.53. The van der Waals surface area contributed by atoms with Crippen LogP contribution in [-0.2, 0) is 16.1 Å². The van der Waals surface area contributed by atoms with Gasteiger partial charge in [-0.25, -0.2) is 4.98 Å². The van der Waals surface area contributed by atoms with Gasteiger partial charge < -0.3 is 9.80 Å². The van der Waals surface area contributed by atoms with Crippen LogP contribution in [0.2, 0.25) is 0 Å².